The highest BCUT2D eigenvalue weighted by atomic mass is 32.2. The Hall–Kier alpha value is -1.42. The lowest BCUT2D eigenvalue weighted by molar-refractivity contribution is -0.117. The maximum absolute atomic E-state index is 13.0. The summed E-state index contributed by atoms with van der Waals surface area (Å²) in [4.78, 5) is 14.9. The molecular weight excluding hydrogens is 318 g/mol. The summed E-state index contributed by atoms with van der Waals surface area (Å²) >= 11 is 1.95. The average molecular weight is 348 g/mol. The van der Waals surface area contributed by atoms with E-state index < -0.39 is 0 Å². The number of ether oxygens (including phenoxy) is 1. The predicted molar refractivity (Wildman–Crippen MR) is 104 cm³/mol. The van der Waals surface area contributed by atoms with Gasteiger partial charge in [-0.3, -0.25) is 4.79 Å². The molecule has 1 aromatic carbocycles. The molecule has 1 saturated heterocycles. The Labute approximate surface area is 150 Å². The van der Waals surface area contributed by atoms with Crippen molar-refractivity contribution in [1.82, 2.24) is 4.90 Å². The third-order valence-electron chi connectivity index (χ3n) is 4.18. The van der Waals surface area contributed by atoms with Gasteiger partial charge in [0.25, 0.3) is 0 Å². The van der Waals surface area contributed by atoms with Crippen LogP contribution in [0.1, 0.15) is 38.2 Å². The largest absolute Gasteiger partial charge is 0.494 e. The summed E-state index contributed by atoms with van der Waals surface area (Å²) in [7, 11) is 3.93. The van der Waals surface area contributed by atoms with E-state index in [4.69, 9.17) is 4.74 Å². The second-order valence-electron chi connectivity index (χ2n) is 6.48. The molecule has 0 aliphatic carbocycles. The minimum Gasteiger partial charge on any atom is -0.494 e. The number of carbonyl (C=O) groups is 1. The van der Waals surface area contributed by atoms with E-state index in [0.29, 0.717) is 0 Å². The summed E-state index contributed by atoms with van der Waals surface area (Å²) in [6.45, 7) is 2.90. The molecule has 0 aromatic heterocycles. The van der Waals surface area contributed by atoms with Crippen LogP contribution in [0, 0.1) is 5.92 Å². The third-order valence-corrected chi connectivity index (χ3v) is 5.23. The van der Waals surface area contributed by atoms with Crippen molar-refractivity contribution in [2.45, 2.75) is 32.6 Å². The Morgan fingerprint density at radius 3 is 2.50 bits per heavy atom. The Morgan fingerprint density at radius 2 is 1.92 bits per heavy atom. The van der Waals surface area contributed by atoms with Gasteiger partial charge in [-0.05, 0) is 48.5 Å². The van der Waals surface area contributed by atoms with Crippen LogP contribution >= 0.6 is 11.8 Å². The number of benzene rings is 1. The lowest BCUT2D eigenvalue weighted by Gasteiger charge is -2.22. The highest BCUT2D eigenvalue weighted by Gasteiger charge is 2.25. The zero-order chi connectivity index (χ0) is 17.4. The van der Waals surface area contributed by atoms with E-state index >= 15 is 0 Å². The number of hydrogen-bond donors (Lipinski definition) is 0. The van der Waals surface area contributed by atoms with Crippen LogP contribution < -0.4 is 4.74 Å². The first-order chi connectivity index (χ1) is 11.6. The highest BCUT2D eigenvalue weighted by molar-refractivity contribution is 7.99. The van der Waals surface area contributed by atoms with Gasteiger partial charge in [0, 0.05) is 31.8 Å². The average Bonchev–Trinajstić information content (AvgIpc) is 2.61. The monoisotopic (exact) mass is 347 g/mol. The molecule has 0 radical (unpaired) electrons. The van der Waals surface area contributed by atoms with E-state index in [2.05, 4.69) is 6.92 Å². The van der Waals surface area contributed by atoms with Crippen LogP contribution in [0.3, 0.4) is 0 Å². The van der Waals surface area contributed by atoms with E-state index in [1.807, 2.05) is 61.2 Å². The first-order valence-electron chi connectivity index (χ1n) is 8.85. The van der Waals surface area contributed by atoms with Gasteiger partial charge in [0.1, 0.15) is 5.75 Å². The van der Waals surface area contributed by atoms with Crippen molar-refractivity contribution >= 4 is 23.1 Å². The van der Waals surface area contributed by atoms with Crippen molar-refractivity contribution in [3.63, 3.8) is 0 Å². The topological polar surface area (TPSA) is 29.5 Å². The summed E-state index contributed by atoms with van der Waals surface area (Å²) in [5.74, 6) is 3.51. The van der Waals surface area contributed by atoms with Crippen LogP contribution in [0.4, 0.5) is 0 Å². The van der Waals surface area contributed by atoms with Crippen LogP contribution in [0.5, 0.6) is 5.75 Å². The van der Waals surface area contributed by atoms with Crippen molar-refractivity contribution in [1.29, 1.82) is 0 Å². The van der Waals surface area contributed by atoms with E-state index in [1.165, 1.54) is 0 Å². The molecule has 0 saturated carbocycles. The number of unbranched alkanes of at least 4 members (excludes halogenated alkanes) is 1. The molecule has 0 N–H and O–H groups in total. The number of thioether (sulfide) groups is 1. The van der Waals surface area contributed by atoms with Gasteiger partial charge in [0.05, 0.1) is 6.61 Å². The fraction of sp³-hybridized carbons (Fsp3) is 0.550. The predicted octanol–water partition coefficient (Wildman–Crippen LogP) is 4.48. The third kappa shape index (κ3) is 5.59. The summed E-state index contributed by atoms with van der Waals surface area (Å²) < 4.78 is 5.72. The minimum atomic E-state index is 0.165. The standard InChI is InChI=1S/C20H29NO2S/c1-4-5-12-23-18-8-6-16(7-9-18)19(15-21(2)3)20(22)17-10-13-24-14-11-17/h6-9,15,17H,4-5,10-14H2,1-3H3/b19-15+. The van der Waals surface area contributed by atoms with Crippen LogP contribution in [-0.2, 0) is 4.79 Å². The molecule has 4 heteroatoms. The van der Waals surface area contributed by atoms with Crippen LogP contribution in [0.15, 0.2) is 30.5 Å². The van der Waals surface area contributed by atoms with E-state index in [0.717, 1.165) is 60.7 Å². The van der Waals surface area contributed by atoms with E-state index in [1.54, 1.807) is 0 Å². The first kappa shape index (κ1) is 18.9. The number of hydrogen-bond acceptors (Lipinski definition) is 4. The highest BCUT2D eigenvalue weighted by Crippen LogP contribution is 2.30. The molecule has 0 atom stereocenters. The fourth-order valence-corrected chi connectivity index (χ4v) is 3.89. The number of carbonyl (C=O) groups excluding carboxylic acids is 1. The molecule has 3 nitrogen and oxygen atoms in total. The zero-order valence-corrected chi connectivity index (χ0v) is 15.9. The van der Waals surface area contributed by atoms with Gasteiger partial charge in [-0.2, -0.15) is 11.8 Å². The molecule has 24 heavy (non-hydrogen) atoms. The molecule has 1 fully saturated rings. The summed E-state index contributed by atoms with van der Waals surface area (Å²) in [6, 6.07) is 7.95. The second kappa shape index (κ2) is 9.77. The summed E-state index contributed by atoms with van der Waals surface area (Å²) in [5, 5.41) is 0. The number of allylic oxidation sites excluding steroid dienone is 1. The maximum atomic E-state index is 13.0. The quantitative estimate of drug-likeness (QED) is 0.512. The Morgan fingerprint density at radius 1 is 1.25 bits per heavy atom. The van der Waals surface area contributed by atoms with Crippen molar-refractivity contribution in [3.8, 4) is 5.75 Å². The van der Waals surface area contributed by atoms with E-state index in [-0.39, 0.29) is 11.7 Å². The van der Waals surface area contributed by atoms with Crippen molar-refractivity contribution in [2.75, 3.05) is 32.2 Å². The van der Waals surface area contributed by atoms with Gasteiger partial charge in [-0.1, -0.05) is 25.5 Å². The van der Waals surface area contributed by atoms with Crippen LogP contribution in [-0.4, -0.2) is 42.9 Å². The van der Waals surface area contributed by atoms with Crippen molar-refractivity contribution in [3.05, 3.63) is 36.0 Å². The molecule has 0 unspecified atom stereocenters. The van der Waals surface area contributed by atoms with Gasteiger partial charge in [-0.15, -0.1) is 0 Å². The van der Waals surface area contributed by atoms with Gasteiger partial charge in [0.2, 0.25) is 0 Å². The van der Waals surface area contributed by atoms with Crippen LogP contribution in [0.25, 0.3) is 5.57 Å². The van der Waals surface area contributed by atoms with Crippen molar-refractivity contribution < 1.29 is 9.53 Å². The van der Waals surface area contributed by atoms with Gasteiger partial charge in [0.15, 0.2) is 5.78 Å². The molecule has 1 aliphatic heterocycles. The first-order valence-corrected chi connectivity index (χ1v) is 10.0. The SMILES string of the molecule is CCCCOc1ccc(/C(=C\N(C)C)C(=O)C2CCSCC2)cc1. The second-order valence-corrected chi connectivity index (χ2v) is 7.71. The number of ketones is 1. The van der Waals surface area contributed by atoms with Crippen LogP contribution in [0.2, 0.25) is 0 Å². The van der Waals surface area contributed by atoms with Crippen molar-refractivity contribution in [2.24, 2.45) is 5.92 Å². The smallest absolute Gasteiger partial charge is 0.168 e. The Kier molecular flexibility index (Phi) is 7.70. The number of Topliss-reactive ketones (excluding diaryl/α,β-unsaturated/α-hetero) is 1. The zero-order valence-electron chi connectivity index (χ0n) is 15.1. The van der Waals surface area contributed by atoms with Gasteiger partial charge < -0.3 is 9.64 Å². The Balaban J connectivity index is 2.14. The van der Waals surface area contributed by atoms with Gasteiger partial charge >= 0.3 is 0 Å². The molecule has 1 aliphatic rings. The normalized spacial score (nSPS) is 16.0. The molecule has 0 spiro atoms. The minimum absolute atomic E-state index is 0.165. The number of nitrogens with zero attached hydrogens (tertiary/aromatic N) is 1. The number of rotatable bonds is 8. The summed E-state index contributed by atoms with van der Waals surface area (Å²) in [6.07, 6.45) is 6.13. The molecule has 0 bridgehead atoms. The lowest BCUT2D eigenvalue weighted by Crippen LogP contribution is -2.22. The maximum Gasteiger partial charge on any atom is 0.168 e. The Bertz CT molecular complexity index is 545. The molecule has 2 rings (SSSR count). The molecular formula is C20H29NO2S. The van der Waals surface area contributed by atoms with Gasteiger partial charge in [-0.25, -0.2) is 0 Å². The molecule has 132 valence electrons. The van der Waals surface area contributed by atoms with E-state index in [9.17, 15) is 4.79 Å². The summed E-state index contributed by atoms with van der Waals surface area (Å²) in [5.41, 5.74) is 1.80. The fourth-order valence-electron chi connectivity index (χ4n) is 2.78. The molecule has 1 heterocycles. The molecule has 1 aromatic rings. The molecule has 0 amide bonds. The lowest BCUT2D eigenvalue weighted by atomic mass is 9.89.